The molecule has 0 spiro atoms. The van der Waals surface area contributed by atoms with Gasteiger partial charge in [0, 0.05) is 30.3 Å². The van der Waals surface area contributed by atoms with Gasteiger partial charge in [0.25, 0.3) is 11.2 Å². The van der Waals surface area contributed by atoms with E-state index < -0.39 is 34.6 Å². The Kier molecular flexibility index (Phi) is 9.41. The van der Waals surface area contributed by atoms with Gasteiger partial charge in [0.05, 0.1) is 34.1 Å². The van der Waals surface area contributed by atoms with Crippen LogP contribution in [-0.4, -0.2) is 38.1 Å². The summed E-state index contributed by atoms with van der Waals surface area (Å²) < 4.78 is 6.40. The number of non-ortho nitro benzene ring substituents is 1. The van der Waals surface area contributed by atoms with Crippen LogP contribution in [0.1, 0.15) is 45.7 Å². The largest absolute Gasteiger partial charge is 0.444 e. The Morgan fingerprint density at radius 3 is 2.44 bits per heavy atom. The van der Waals surface area contributed by atoms with E-state index in [1.54, 1.807) is 45.0 Å². The van der Waals surface area contributed by atoms with Crippen LogP contribution in [0.3, 0.4) is 0 Å². The minimum Gasteiger partial charge on any atom is -0.444 e. The van der Waals surface area contributed by atoms with Crippen molar-refractivity contribution in [2.75, 3.05) is 10.6 Å². The highest BCUT2D eigenvalue weighted by molar-refractivity contribution is 5.87. The van der Waals surface area contributed by atoms with E-state index in [1.165, 1.54) is 18.3 Å². The second-order valence-corrected chi connectivity index (χ2v) is 10.4. The van der Waals surface area contributed by atoms with Crippen LogP contribution in [0, 0.1) is 21.4 Å². The first-order valence-electron chi connectivity index (χ1n) is 12.7. The standard InChI is InChI=1S/C28H31N7O6/c1-17(2)32-25-26(37)34(16-24(36)30-14-19-8-6-18(13-29)7-9-19)23(15-31-25)20-10-21(12-22(11-20)35(39)40)33-27(38)41-28(3,4)5/h6-12,15,17H,14,16H2,1-5H3,(H,30,36)(H,31,32)(H,33,38). The fraction of sp³-hybridized carbons (Fsp3) is 0.321. The number of ether oxygens (including phenoxy) is 1. The maximum absolute atomic E-state index is 13.4. The molecule has 1 heterocycles. The molecular weight excluding hydrogens is 530 g/mol. The fourth-order valence-corrected chi connectivity index (χ4v) is 3.70. The first kappa shape index (κ1) is 30.3. The highest BCUT2D eigenvalue weighted by Crippen LogP contribution is 2.29. The Hall–Kier alpha value is -5.25. The number of nitro benzene ring substituents is 1. The highest BCUT2D eigenvalue weighted by atomic mass is 16.6. The van der Waals surface area contributed by atoms with Gasteiger partial charge >= 0.3 is 6.09 Å². The summed E-state index contributed by atoms with van der Waals surface area (Å²) in [7, 11) is 0. The number of carbonyl (C=O) groups is 2. The van der Waals surface area contributed by atoms with E-state index >= 15 is 0 Å². The number of hydrogen-bond acceptors (Lipinski definition) is 9. The maximum atomic E-state index is 13.4. The van der Waals surface area contributed by atoms with Crippen LogP contribution in [-0.2, 0) is 22.6 Å². The number of hydrogen-bond donors (Lipinski definition) is 3. The van der Waals surface area contributed by atoms with Gasteiger partial charge in [0.15, 0.2) is 5.82 Å². The van der Waals surface area contributed by atoms with Gasteiger partial charge in [-0.15, -0.1) is 0 Å². The Bertz CT molecular complexity index is 1550. The molecule has 0 saturated heterocycles. The third-order valence-electron chi connectivity index (χ3n) is 5.42. The number of carbonyl (C=O) groups excluding carboxylic acids is 2. The number of nitrogens with one attached hydrogen (secondary N) is 3. The summed E-state index contributed by atoms with van der Waals surface area (Å²) in [5.74, 6) is -0.502. The first-order chi connectivity index (χ1) is 19.3. The predicted octanol–water partition coefficient (Wildman–Crippen LogP) is 4.17. The predicted molar refractivity (Wildman–Crippen MR) is 152 cm³/mol. The average molecular weight is 562 g/mol. The molecule has 41 heavy (non-hydrogen) atoms. The quantitative estimate of drug-likeness (QED) is 0.255. The van der Waals surface area contributed by atoms with Crippen LogP contribution in [0.2, 0.25) is 0 Å². The molecule has 2 aromatic carbocycles. The normalized spacial score (nSPS) is 11.0. The van der Waals surface area contributed by atoms with Gasteiger partial charge in [-0.05, 0) is 58.4 Å². The second kappa shape index (κ2) is 12.7. The van der Waals surface area contributed by atoms with E-state index in [9.17, 15) is 24.5 Å². The van der Waals surface area contributed by atoms with Crippen molar-refractivity contribution in [1.29, 1.82) is 5.26 Å². The molecule has 0 atom stereocenters. The van der Waals surface area contributed by atoms with Gasteiger partial charge < -0.3 is 15.4 Å². The fourth-order valence-electron chi connectivity index (χ4n) is 3.70. The molecule has 0 aliphatic rings. The minimum absolute atomic E-state index is 0.00109. The van der Waals surface area contributed by atoms with E-state index in [2.05, 4.69) is 20.9 Å². The van der Waals surface area contributed by atoms with Gasteiger partial charge in [-0.1, -0.05) is 12.1 Å². The molecule has 0 fully saturated rings. The van der Waals surface area contributed by atoms with E-state index in [1.807, 2.05) is 19.9 Å². The SMILES string of the molecule is CC(C)Nc1ncc(-c2cc(NC(=O)OC(C)(C)C)cc([N+](=O)[O-])c2)n(CC(=O)NCc2ccc(C#N)cc2)c1=O. The number of nitriles is 1. The molecule has 2 amide bonds. The summed E-state index contributed by atoms with van der Waals surface area (Å²) >= 11 is 0. The number of rotatable bonds is 9. The lowest BCUT2D eigenvalue weighted by atomic mass is 10.1. The van der Waals surface area contributed by atoms with Crippen molar-refractivity contribution in [3.05, 3.63) is 80.3 Å². The van der Waals surface area contributed by atoms with Gasteiger partial charge in [-0.3, -0.25) is 29.6 Å². The minimum atomic E-state index is -0.821. The molecular formula is C28H31N7O6. The summed E-state index contributed by atoms with van der Waals surface area (Å²) in [6.45, 7) is 8.39. The summed E-state index contributed by atoms with van der Waals surface area (Å²) in [5, 5.41) is 28.8. The summed E-state index contributed by atoms with van der Waals surface area (Å²) in [4.78, 5) is 54.0. The molecule has 0 saturated carbocycles. The van der Waals surface area contributed by atoms with Gasteiger partial charge in [0.2, 0.25) is 5.91 Å². The third-order valence-corrected chi connectivity index (χ3v) is 5.42. The van der Waals surface area contributed by atoms with E-state index in [-0.39, 0.29) is 41.0 Å². The summed E-state index contributed by atoms with van der Waals surface area (Å²) in [6.07, 6.45) is 0.509. The van der Waals surface area contributed by atoms with Gasteiger partial charge in [-0.25, -0.2) is 9.78 Å². The Morgan fingerprint density at radius 2 is 1.85 bits per heavy atom. The zero-order valence-corrected chi connectivity index (χ0v) is 23.3. The number of anilines is 2. The third kappa shape index (κ3) is 8.62. The van der Waals surface area contributed by atoms with Crippen molar-refractivity contribution >= 4 is 29.2 Å². The van der Waals surface area contributed by atoms with Crippen LogP contribution in [0.4, 0.5) is 22.0 Å². The molecule has 0 aliphatic heterocycles. The second-order valence-electron chi connectivity index (χ2n) is 10.4. The van der Waals surface area contributed by atoms with E-state index in [4.69, 9.17) is 10.00 Å². The molecule has 13 nitrogen and oxygen atoms in total. The number of nitrogens with zero attached hydrogens (tertiary/aromatic N) is 4. The van der Waals surface area contributed by atoms with Crippen LogP contribution < -0.4 is 21.5 Å². The van der Waals surface area contributed by atoms with Crippen molar-refractivity contribution in [2.45, 2.75) is 59.4 Å². The Morgan fingerprint density at radius 1 is 1.17 bits per heavy atom. The van der Waals surface area contributed by atoms with Crippen molar-refractivity contribution < 1.29 is 19.2 Å². The van der Waals surface area contributed by atoms with E-state index in [0.717, 1.165) is 16.2 Å². The van der Waals surface area contributed by atoms with E-state index in [0.29, 0.717) is 5.56 Å². The maximum Gasteiger partial charge on any atom is 0.412 e. The molecule has 0 bridgehead atoms. The average Bonchev–Trinajstić information content (AvgIpc) is 2.88. The zero-order valence-electron chi connectivity index (χ0n) is 23.3. The van der Waals surface area contributed by atoms with Crippen LogP contribution in [0.15, 0.2) is 53.5 Å². The molecule has 3 rings (SSSR count). The lowest BCUT2D eigenvalue weighted by molar-refractivity contribution is -0.384. The molecule has 13 heteroatoms. The van der Waals surface area contributed by atoms with Crippen LogP contribution >= 0.6 is 0 Å². The summed E-state index contributed by atoms with van der Waals surface area (Å²) in [6, 6.07) is 12.3. The Balaban J connectivity index is 2.00. The molecule has 1 aromatic heterocycles. The number of benzene rings is 2. The molecule has 0 radical (unpaired) electrons. The van der Waals surface area contributed by atoms with Crippen LogP contribution in [0.25, 0.3) is 11.3 Å². The first-order valence-corrected chi connectivity index (χ1v) is 12.7. The number of nitro groups is 1. The molecule has 214 valence electrons. The van der Waals surface area contributed by atoms with Crippen molar-refractivity contribution in [1.82, 2.24) is 14.9 Å². The molecule has 3 aromatic rings. The van der Waals surface area contributed by atoms with Gasteiger partial charge in [-0.2, -0.15) is 5.26 Å². The zero-order chi connectivity index (χ0) is 30.3. The monoisotopic (exact) mass is 561 g/mol. The van der Waals surface area contributed by atoms with Crippen molar-refractivity contribution in [2.24, 2.45) is 0 Å². The summed E-state index contributed by atoms with van der Waals surface area (Å²) in [5.41, 5.74) is -0.201. The lowest BCUT2D eigenvalue weighted by Crippen LogP contribution is -2.35. The number of aromatic nitrogens is 2. The molecule has 0 unspecified atom stereocenters. The van der Waals surface area contributed by atoms with Gasteiger partial charge in [0.1, 0.15) is 12.1 Å². The molecule has 0 aliphatic carbocycles. The number of amides is 2. The lowest BCUT2D eigenvalue weighted by Gasteiger charge is -2.20. The van der Waals surface area contributed by atoms with Crippen LogP contribution in [0.5, 0.6) is 0 Å². The highest BCUT2D eigenvalue weighted by Gasteiger charge is 2.21. The molecule has 3 N–H and O–H groups in total. The topological polar surface area (TPSA) is 181 Å². The smallest absolute Gasteiger partial charge is 0.412 e. The van der Waals surface area contributed by atoms with Crippen molar-refractivity contribution in [3.8, 4) is 17.3 Å². The van der Waals surface area contributed by atoms with Crippen molar-refractivity contribution in [3.63, 3.8) is 0 Å². The Labute approximate surface area is 236 Å².